The Labute approximate surface area is 95.6 Å². The Bertz CT molecular complexity index is 338. The van der Waals surface area contributed by atoms with Crippen molar-refractivity contribution in [1.82, 2.24) is 9.97 Å². The molecule has 0 aromatic carbocycles. The summed E-state index contributed by atoms with van der Waals surface area (Å²) >= 11 is 0. The summed E-state index contributed by atoms with van der Waals surface area (Å²) in [5.74, 6) is 1.66. The first-order valence-corrected chi connectivity index (χ1v) is 5.40. The van der Waals surface area contributed by atoms with Gasteiger partial charge < -0.3 is 15.5 Å². The molecule has 0 aliphatic heterocycles. The van der Waals surface area contributed by atoms with E-state index in [0.717, 1.165) is 11.5 Å². The summed E-state index contributed by atoms with van der Waals surface area (Å²) in [5.41, 5.74) is 0.871. The third kappa shape index (κ3) is 3.43. The van der Waals surface area contributed by atoms with E-state index < -0.39 is 0 Å². The van der Waals surface area contributed by atoms with E-state index >= 15 is 0 Å². The van der Waals surface area contributed by atoms with Gasteiger partial charge in [0.15, 0.2) is 0 Å². The molecule has 0 saturated carbocycles. The van der Waals surface area contributed by atoms with E-state index in [1.807, 2.05) is 20.8 Å². The van der Waals surface area contributed by atoms with Gasteiger partial charge in [-0.15, -0.1) is 0 Å². The van der Waals surface area contributed by atoms with Crippen molar-refractivity contribution in [3.05, 3.63) is 17.6 Å². The number of nitrogens with one attached hydrogen (secondary N) is 1. The van der Waals surface area contributed by atoms with Gasteiger partial charge in [-0.1, -0.05) is 13.8 Å². The largest absolute Gasteiger partial charge is 0.394 e. The number of aliphatic hydroxyl groups excluding tert-OH is 2. The lowest BCUT2D eigenvalue weighted by Gasteiger charge is -2.15. The molecule has 1 aromatic rings. The standard InChI is InChI=1S/C11H19N3O2/c1-7(2)11-12-8(3)4-10(14-11)13-9(5-15)6-16/h4,7,9,15-16H,5-6H2,1-3H3,(H,12,13,14). The molecule has 16 heavy (non-hydrogen) atoms. The van der Waals surface area contributed by atoms with Gasteiger partial charge in [0.1, 0.15) is 11.6 Å². The van der Waals surface area contributed by atoms with Crippen LogP contribution in [0, 0.1) is 6.92 Å². The average molecular weight is 225 g/mol. The van der Waals surface area contributed by atoms with Crippen molar-refractivity contribution in [3.8, 4) is 0 Å². The molecule has 1 aromatic heterocycles. The summed E-state index contributed by atoms with van der Waals surface area (Å²) in [6, 6.07) is 1.42. The van der Waals surface area contributed by atoms with Crippen LogP contribution in [0.15, 0.2) is 6.07 Å². The van der Waals surface area contributed by atoms with Crippen LogP contribution in [-0.4, -0.2) is 39.4 Å². The van der Waals surface area contributed by atoms with Crippen molar-refractivity contribution < 1.29 is 10.2 Å². The Morgan fingerprint density at radius 1 is 1.25 bits per heavy atom. The molecule has 0 atom stereocenters. The number of aliphatic hydroxyl groups is 2. The van der Waals surface area contributed by atoms with Crippen LogP contribution < -0.4 is 5.32 Å². The summed E-state index contributed by atoms with van der Waals surface area (Å²) < 4.78 is 0. The third-order valence-corrected chi connectivity index (χ3v) is 2.18. The number of hydrogen-bond donors (Lipinski definition) is 3. The second-order valence-electron chi connectivity index (χ2n) is 4.11. The van der Waals surface area contributed by atoms with Crippen LogP contribution in [0.2, 0.25) is 0 Å². The van der Waals surface area contributed by atoms with Gasteiger partial charge in [-0.05, 0) is 6.92 Å². The van der Waals surface area contributed by atoms with Gasteiger partial charge >= 0.3 is 0 Å². The Morgan fingerprint density at radius 2 is 1.88 bits per heavy atom. The first kappa shape index (κ1) is 12.9. The zero-order chi connectivity index (χ0) is 12.1. The molecule has 1 heterocycles. The molecular weight excluding hydrogens is 206 g/mol. The van der Waals surface area contributed by atoms with Gasteiger partial charge in [0.25, 0.3) is 0 Å². The predicted octanol–water partition coefficient (Wildman–Crippen LogP) is 0.674. The molecule has 0 saturated heterocycles. The summed E-state index contributed by atoms with van der Waals surface area (Å²) in [6.45, 7) is 5.68. The van der Waals surface area contributed by atoms with Gasteiger partial charge in [0, 0.05) is 17.7 Å². The van der Waals surface area contributed by atoms with Crippen LogP contribution in [0.1, 0.15) is 31.3 Å². The fourth-order valence-electron chi connectivity index (χ4n) is 1.28. The monoisotopic (exact) mass is 225 g/mol. The molecule has 0 radical (unpaired) electrons. The Morgan fingerprint density at radius 3 is 2.38 bits per heavy atom. The molecule has 0 bridgehead atoms. The number of nitrogens with zero attached hydrogens (tertiary/aromatic N) is 2. The Kier molecular flexibility index (Phi) is 4.64. The van der Waals surface area contributed by atoms with E-state index in [4.69, 9.17) is 10.2 Å². The van der Waals surface area contributed by atoms with Gasteiger partial charge in [0.05, 0.1) is 19.3 Å². The molecule has 90 valence electrons. The molecular formula is C11H19N3O2. The van der Waals surface area contributed by atoms with E-state index in [2.05, 4.69) is 15.3 Å². The van der Waals surface area contributed by atoms with E-state index in [-0.39, 0.29) is 25.2 Å². The number of aromatic nitrogens is 2. The molecule has 1 rings (SSSR count). The highest BCUT2D eigenvalue weighted by atomic mass is 16.3. The first-order valence-electron chi connectivity index (χ1n) is 5.40. The minimum Gasteiger partial charge on any atom is -0.394 e. The van der Waals surface area contributed by atoms with Crippen LogP contribution in [0.4, 0.5) is 5.82 Å². The van der Waals surface area contributed by atoms with Crippen LogP contribution >= 0.6 is 0 Å². The molecule has 5 nitrogen and oxygen atoms in total. The maximum Gasteiger partial charge on any atom is 0.133 e. The maximum absolute atomic E-state index is 8.97. The Hall–Kier alpha value is -1.20. The Balaban J connectivity index is 2.87. The van der Waals surface area contributed by atoms with Gasteiger partial charge in [0.2, 0.25) is 0 Å². The zero-order valence-corrected chi connectivity index (χ0v) is 9.94. The zero-order valence-electron chi connectivity index (χ0n) is 9.94. The fourth-order valence-corrected chi connectivity index (χ4v) is 1.28. The highest BCUT2D eigenvalue weighted by Crippen LogP contribution is 2.14. The van der Waals surface area contributed by atoms with Crippen molar-refractivity contribution in [1.29, 1.82) is 0 Å². The quantitative estimate of drug-likeness (QED) is 0.686. The number of aryl methyl sites for hydroxylation is 1. The molecule has 0 aliphatic rings. The molecule has 3 N–H and O–H groups in total. The van der Waals surface area contributed by atoms with E-state index in [0.29, 0.717) is 5.82 Å². The third-order valence-electron chi connectivity index (χ3n) is 2.18. The maximum atomic E-state index is 8.97. The average Bonchev–Trinajstić information content (AvgIpc) is 2.25. The summed E-state index contributed by atoms with van der Waals surface area (Å²) in [5, 5.41) is 20.9. The van der Waals surface area contributed by atoms with Crippen molar-refractivity contribution >= 4 is 5.82 Å². The van der Waals surface area contributed by atoms with Gasteiger partial charge in [-0.2, -0.15) is 0 Å². The second kappa shape index (κ2) is 5.77. The van der Waals surface area contributed by atoms with Crippen LogP contribution in [0.25, 0.3) is 0 Å². The summed E-state index contributed by atoms with van der Waals surface area (Å²) in [4.78, 5) is 8.64. The van der Waals surface area contributed by atoms with E-state index in [9.17, 15) is 0 Å². The smallest absolute Gasteiger partial charge is 0.133 e. The van der Waals surface area contributed by atoms with Crippen molar-refractivity contribution in [3.63, 3.8) is 0 Å². The highest BCUT2D eigenvalue weighted by Gasteiger charge is 2.09. The second-order valence-corrected chi connectivity index (χ2v) is 4.11. The van der Waals surface area contributed by atoms with Crippen LogP contribution in [0.3, 0.4) is 0 Å². The fraction of sp³-hybridized carbons (Fsp3) is 0.636. The minimum atomic E-state index is -0.380. The number of hydrogen-bond acceptors (Lipinski definition) is 5. The molecule has 0 amide bonds. The van der Waals surface area contributed by atoms with E-state index in [1.165, 1.54) is 0 Å². The SMILES string of the molecule is Cc1cc(NC(CO)CO)nc(C(C)C)n1. The van der Waals surface area contributed by atoms with Crippen molar-refractivity contribution in [2.24, 2.45) is 0 Å². The van der Waals surface area contributed by atoms with Crippen molar-refractivity contribution in [2.45, 2.75) is 32.7 Å². The normalized spacial score (nSPS) is 11.2. The predicted molar refractivity (Wildman–Crippen MR) is 62.4 cm³/mol. The highest BCUT2D eigenvalue weighted by molar-refractivity contribution is 5.37. The molecule has 0 aliphatic carbocycles. The van der Waals surface area contributed by atoms with Crippen molar-refractivity contribution in [2.75, 3.05) is 18.5 Å². The number of anilines is 1. The van der Waals surface area contributed by atoms with Gasteiger partial charge in [-0.25, -0.2) is 9.97 Å². The molecule has 0 fully saturated rings. The van der Waals surface area contributed by atoms with E-state index in [1.54, 1.807) is 6.07 Å². The summed E-state index contributed by atoms with van der Waals surface area (Å²) in [6.07, 6.45) is 0. The first-order chi connectivity index (χ1) is 7.56. The topological polar surface area (TPSA) is 78.3 Å². The minimum absolute atomic E-state index is 0.128. The van der Waals surface area contributed by atoms with Gasteiger partial charge in [-0.3, -0.25) is 0 Å². The number of rotatable bonds is 5. The molecule has 0 spiro atoms. The lowest BCUT2D eigenvalue weighted by atomic mass is 10.2. The van der Waals surface area contributed by atoms with Crippen LogP contribution in [-0.2, 0) is 0 Å². The lowest BCUT2D eigenvalue weighted by molar-refractivity contribution is 0.203. The van der Waals surface area contributed by atoms with Crippen LogP contribution in [0.5, 0.6) is 0 Å². The summed E-state index contributed by atoms with van der Waals surface area (Å²) in [7, 11) is 0. The molecule has 0 unspecified atom stereocenters. The lowest BCUT2D eigenvalue weighted by Crippen LogP contribution is -2.28. The molecule has 5 heteroatoms.